The molecular formula is C19H22N2O5S. The van der Waals surface area contributed by atoms with Gasteiger partial charge in [0.05, 0.1) is 4.87 Å². The molecule has 1 aromatic rings. The molecule has 1 N–H and O–H groups in total. The van der Waals surface area contributed by atoms with Gasteiger partial charge in [0.15, 0.2) is 11.9 Å². The van der Waals surface area contributed by atoms with E-state index in [4.69, 9.17) is 4.74 Å². The normalized spacial score (nSPS) is 25.1. The largest absolute Gasteiger partial charge is 0.451 e. The Morgan fingerprint density at radius 2 is 2.11 bits per heavy atom. The van der Waals surface area contributed by atoms with Crippen LogP contribution in [0.5, 0.6) is 0 Å². The van der Waals surface area contributed by atoms with Gasteiger partial charge < -0.3 is 15.0 Å². The molecule has 27 heavy (non-hydrogen) atoms. The minimum Gasteiger partial charge on any atom is -0.451 e. The van der Waals surface area contributed by atoms with Crippen molar-refractivity contribution in [1.29, 1.82) is 0 Å². The molecule has 2 aliphatic rings. The lowest BCUT2D eigenvalue weighted by Gasteiger charge is -2.29. The third-order valence-electron chi connectivity index (χ3n) is 4.92. The molecule has 2 saturated heterocycles. The molecule has 8 heteroatoms. The van der Waals surface area contributed by atoms with E-state index in [9.17, 15) is 19.2 Å². The second kappa shape index (κ2) is 7.34. The van der Waals surface area contributed by atoms with Gasteiger partial charge in [-0.1, -0.05) is 12.1 Å². The first kappa shape index (κ1) is 19.4. The summed E-state index contributed by atoms with van der Waals surface area (Å²) in [5.41, 5.74) is 0.932. The van der Waals surface area contributed by atoms with Crippen molar-refractivity contribution in [2.24, 2.45) is 0 Å². The summed E-state index contributed by atoms with van der Waals surface area (Å²) in [6.45, 7) is 4.88. The van der Waals surface area contributed by atoms with Crippen molar-refractivity contribution in [3.05, 3.63) is 29.8 Å². The lowest BCUT2D eigenvalue weighted by atomic mass is 10.1. The first-order chi connectivity index (χ1) is 12.7. The lowest BCUT2D eigenvalue weighted by molar-refractivity contribution is -0.160. The molecule has 0 spiro atoms. The summed E-state index contributed by atoms with van der Waals surface area (Å²) in [4.78, 5) is 49.7. The fourth-order valence-electron chi connectivity index (χ4n) is 3.36. The number of esters is 1. The van der Waals surface area contributed by atoms with Crippen molar-refractivity contribution in [1.82, 2.24) is 4.90 Å². The number of thioether (sulfide) groups is 1. The van der Waals surface area contributed by atoms with Crippen molar-refractivity contribution >= 4 is 41.0 Å². The van der Waals surface area contributed by atoms with E-state index in [1.54, 1.807) is 40.9 Å². The number of amides is 2. The molecule has 2 aliphatic heterocycles. The number of nitrogens with one attached hydrogen (secondary N) is 1. The van der Waals surface area contributed by atoms with Crippen LogP contribution in [0.25, 0.3) is 0 Å². The van der Waals surface area contributed by atoms with E-state index in [2.05, 4.69) is 5.32 Å². The molecule has 7 nitrogen and oxygen atoms in total. The van der Waals surface area contributed by atoms with Crippen LogP contribution >= 0.6 is 11.8 Å². The molecule has 2 amide bonds. The predicted octanol–water partition coefficient (Wildman–Crippen LogP) is 2.21. The van der Waals surface area contributed by atoms with Crippen molar-refractivity contribution in [2.75, 3.05) is 11.1 Å². The first-order valence-electron chi connectivity index (χ1n) is 8.80. The van der Waals surface area contributed by atoms with Crippen molar-refractivity contribution in [3.8, 4) is 0 Å². The third-order valence-corrected chi connectivity index (χ3v) is 6.42. The van der Waals surface area contributed by atoms with Crippen molar-refractivity contribution in [3.63, 3.8) is 0 Å². The number of ketones is 1. The average molecular weight is 390 g/mol. The van der Waals surface area contributed by atoms with Crippen LogP contribution in [0.1, 0.15) is 44.0 Å². The SMILES string of the molecule is CC(=O)c1cccc(NC(=O)[C@H](C)OC(=O)[C@H]2CS[C@@]3(C)CCC(=O)N23)c1. The average Bonchev–Trinajstić information content (AvgIpc) is 3.11. The Bertz CT molecular complexity index is 811. The number of fused-ring (bicyclic) bond motifs is 1. The van der Waals surface area contributed by atoms with Gasteiger partial charge in [0, 0.05) is 23.4 Å². The zero-order valence-electron chi connectivity index (χ0n) is 15.5. The maximum absolute atomic E-state index is 12.5. The van der Waals surface area contributed by atoms with Crippen LogP contribution in [-0.2, 0) is 19.1 Å². The molecule has 2 fully saturated rings. The second-order valence-electron chi connectivity index (χ2n) is 6.97. The number of nitrogens with zero attached hydrogens (tertiary/aromatic N) is 1. The Morgan fingerprint density at radius 1 is 1.37 bits per heavy atom. The minimum absolute atomic E-state index is 0.0531. The van der Waals surface area contributed by atoms with Crippen LogP contribution in [-0.4, -0.2) is 51.2 Å². The molecule has 144 valence electrons. The highest BCUT2D eigenvalue weighted by Crippen LogP contribution is 2.47. The Balaban J connectivity index is 1.61. The van der Waals surface area contributed by atoms with E-state index in [-0.39, 0.29) is 16.6 Å². The summed E-state index contributed by atoms with van der Waals surface area (Å²) in [5, 5.41) is 2.64. The monoisotopic (exact) mass is 390 g/mol. The minimum atomic E-state index is -1.02. The van der Waals surface area contributed by atoms with Crippen molar-refractivity contribution in [2.45, 2.75) is 50.6 Å². The summed E-state index contributed by atoms with van der Waals surface area (Å²) in [7, 11) is 0. The molecule has 0 aliphatic carbocycles. The number of hydrogen-bond acceptors (Lipinski definition) is 6. The van der Waals surface area contributed by atoms with E-state index in [0.717, 1.165) is 0 Å². The Hall–Kier alpha value is -2.35. The number of benzene rings is 1. The van der Waals surface area contributed by atoms with E-state index >= 15 is 0 Å². The highest BCUT2D eigenvalue weighted by atomic mass is 32.2. The summed E-state index contributed by atoms with van der Waals surface area (Å²) in [6, 6.07) is 5.88. The molecule has 3 rings (SSSR count). The Labute approximate surface area is 161 Å². The molecule has 0 saturated carbocycles. The number of carbonyl (C=O) groups is 4. The second-order valence-corrected chi connectivity index (χ2v) is 8.47. The van der Waals surface area contributed by atoms with Gasteiger partial charge in [-0.25, -0.2) is 4.79 Å². The fraction of sp³-hybridized carbons (Fsp3) is 0.474. The summed E-state index contributed by atoms with van der Waals surface area (Å²) < 4.78 is 5.32. The summed E-state index contributed by atoms with van der Waals surface area (Å²) in [6.07, 6.45) is 0.117. The smallest absolute Gasteiger partial charge is 0.330 e. The van der Waals surface area contributed by atoms with E-state index in [0.29, 0.717) is 29.8 Å². The van der Waals surface area contributed by atoms with Gasteiger partial charge in [-0.05, 0) is 39.3 Å². The van der Waals surface area contributed by atoms with Gasteiger partial charge in [-0.2, -0.15) is 0 Å². The number of hydrogen-bond donors (Lipinski definition) is 1. The Kier molecular flexibility index (Phi) is 5.28. The fourth-order valence-corrected chi connectivity index (χ4v) is 4.78. The maximum Gasteiger partial charge on any atom is 0.330 e. The molecule has 3 atom stereocenters. The van der Waals surface area contributed by atoms with Crippen LogP contribution < -0.4 is 5.32 Å². The number of rotatable bonds is 5. The molecule has 0 aromatic heterocycles. The number of Topliss-reactive ketones (excluding diaryl/α,β-unsaturated/α-hetero) is 1. The maximum atomic E-state index is 12.5. The lowest BCUT2D eigenvalue weighted by Crippen LogP contribution is -2.48. The molecular weight excluding hydrogens is 368 g/mol. The molecule has 0 unspecified atom stereocenters. The van der Waals surface area contributed by atoms with E-state index in [1.807, 2.05) is 6.92 Å². The molecule has 0 bridgehead atoms. The Morgan fingerprint density at radius 3 is 2.81 bits per heavy atom. The quantitative estimate of drug-likeness (QED) is 0.612. The van der Waals surface area contributed by atoms with E-state index < -0.39 is 24.0 Å². The van der Waals surface area contributed by atoms with Crippen LogP contribution in [0.4, 0.5) is 5.69 Å². The van der Waals surface area contributed by atoms with E-state index in [1.165, 1.54) is 13.8 Å². The van der Waals surface area contributed by atoms with Crippen LogP contribution in [0, 0.1) is 0 Å². The number of ether oxygens (including phenoxy) is 1. The van der Waals surface area contributed by atoms with Gasteiger partial charge >= 0.3 is 5.97 Å². The van der Waals surface area contributed by atoms with Crippen LogP contribution in [0.3, 0.4) is 0 Å². The first-order valence-corrected chi connectivity index (χ1v) is 9.78. The topological polar surface area (TPSA) is 92.8 Å². The summed E-state index contributed by atoms with van der Waals surface area (Å²) >= 11 is 1.57. The highest BCUT2D eigenvalue weighted by molar-refractivity contribution is 8.01. The zero-order chi connectivity index (χ0) is 19.8. The highest BCUT2D eigenvalue weighted by Gasteiger charge is 2.53. The van der Waals surface area contributed by atoms with Crippen molar-refractivity contribution < 1.29 is 23.9 Å². The number of carbonyl (C=O) groups excluding carboxylic acids is 4. The molecule has 1 aromatic carbocycles. The zero-order valence-corrected chi connectivity index (χ0v) is 16.3. The third kappa shape index (κ3) is 3.85. The summed E-state index contributed by atoms with van der Waals surface area (Å²) in [5.74, 6) is -0.757. The van der Waals surface area contributed by atoms with Crippen LogP contribution in [0.15, 0.2) is 24.3 Å². The van der Waals surface area contributed by atoms with Gasteiger partial charge in [0.2, 0.25) is 5.91 Å². The molecule has 0 radical (unpaired) electrons. The van der Waals surface area contributed by atoms with Gasteiger partial charge in [-0.15, -0.1) is 11.8 Å². The standard InChI is InChI=1S/C19H22N2O5S/c1-11(22)13-5-4-6-14(9-13)20-17(24)12(2)26-18(25)15-10-27-19(3)8-7-16(23)21(15)19/h4-6,9,12,15H,7-8,10H2,1-3H3,(H,20,24)/t12-,15+,19-/m0/s1. The van der Waals surface area contributed by atoms with Crippen LogP contribution in [0.2, 0.25) is 0 Å². The predicted molar refractivity (Wildman–Crippen MR) is 101 cm³/mol. The van der Waals surface area contributed by atoms with Gasteiger partial charge in [-0.3, -0.25) is 14.4 Å². The van der Waals surface area contributed by atoms with Gasteiger partial charge in [0.25, 0.3) is 5.91 Å². The molecule has 2 heterocycles. The van der Waals surface area contributed by atoms with Gasteiger partial charge in [0.1, 0.15) is 6.04 Å². The number of anilines is 1.